The van der Waals surface area contributed by atoms with E-state index in [1.165, 1.54) is 38.2 Å². The summed E-state index contributed by atoms with van der Waals surface area (Å²) in [5.74, 6) is -0.545. The van der Waals surface area contributed by atoms with Gasteiger partial charge in [-0.05, 0) is 31.9 Å². The molecule has 1 aliphatic rings. The lowest BCUT2D eigenvalue weighted by Crippen LogP contribution is -2.53. The number of likely N-dealkylation sites (N-methyl/N-ethyl adjacent to an activating group) is 1. The first-order valence-corrected chi connectivity index (χ1v) is 9.49. The summed E-state index contributed by atoms with van der Waals surface area (Å²) >= 11 is 6.12. The number of ether oxygens (including phenoxy) is 3. The molecule has 0 aromatic heterocycles. The third-order valence-corrected chi connectivity index (χ3v) is 5.44. The summed E-state index contributed by atoms with van der Waals surface area (Å²) in [6, 6.07) is 5.12. The van der Waals surface area contributed by atoms with Gasteiger partial charge in [0.2, 0.25) is 0 Å². The second-order valence-electron chi connectivity index (χ2n) is 6.84. The van der Waals surface area contributed by atoms with E-state index >= 15 is 0 Å². The first kappa shape index (κ1) is 21.8. The number of hydrogen-bond donors (Lipinski definition) is 0. The number of nitriles is 1. The number of carbonyl (C=O) groups excluding carboxylic acids is 2. The van der Waals surface area contributed by atoms with Gasteiger partial charge in [0.1, 0.15) is 5.54 Å². The molecule has 0 radical (unpaired) electrons. The number of halogens is 1. The lowest BCUT2D eigenvalue weighted by Gasteiger charge is -2.39. The fourth-order valence-corrected chi connectivity index (χ4v) is 3.75. The molecule has 7 nitrogen and oxygen atoms in total. The predicted molar refractivity (Wildman–Crippen MR) is 104 cm³/mol. The molecular formula is C20H25ClN2O5. The summed E-state index contributed by atoms with van der Waals surface area (Å²) in [5.41, 5.74) is -0.708. The van der Waals surface area contributed by atoms with E-state index in [-0.39, 0.29) is 16.3 Å². The van der Waals surface area contributed by atoms with Gasteiger partial charge in [0.05, 0.1) is 30.9 Å². The molecule has 0 saturated heterocycles. The summed E-state index contributed by atoms with van der Waals surface area (Å²) in [6.07, 6.45) is 3.04. The maximum atomic E-state index is 12.8. The van der Waals surface area contributed by atoms with Gasteiger partial charge in [0.25, 0.3) is 5.91 Å². The highest BCUT2D eigenvalue weighted by molar-refractivity contribution is 6.32. The fraction of sp³-hybridized carbons (Fsp3) is 0.550. The minimum atomic E-state index is -1.04. The predicted octanol–water partition coefficient (Wildman–Crippen LogP) is 3.59. The van der Waals surface area contributed by atoms with E-state index in [9.17, 15) is 14.9 Å². The van der Waals surface area contributed by atoms with Crippen molar-refractivity contribution in [3.63, 3.8) is 0 Å². The molecule has 0 bridgehead atoms. The number of carbonyl (C=O) groups is 2. The summed E-state index contributed by atoms with van der Waals surface area (Å²) in [5, 5.41) is 9.84. The van der Waals surface area contributed by atoms with Crippen molar-refractivity contribution < 1.29 is 23.8 Å². The van der Waals surface area contributed by atoms with Crippen molar-refractivity contribution in [3.05, 3.63) is 22.7 Å². The lowest BCUT2D eigenvalue weighted by molar-refractivity contribution is -0.143. The van der Waals surface area contributed by atoms with Crippen LogP contribution in [0.4, 0.5) is 0 Å². The molecule has 1 aliphatic carbocycles. The van der Waals surface area contributed by atoms with Gasteiger partial charge in [-0.15, -0.1) is 0 Å². The van der Waals surface area contributed by atoms with Crippen molar-refractivity contribution in [3.8, 4) is 17.6 Å². The Morgan fingerprint density at radius 2 is 1.86 bits per heavy atom. The number of nitrogens with zero attached hydrogens (tertiary/aromatic N) is 2. The fourth-order valence-electron chi connectivity index (χ4n) is 3.46. The number of esters is 1. The Balaban J connectivity index is 2.14. The zero-order valence-corrected chi connectivity index (χ0v) is 17.3. The highest BCUT2D eigenvalue weighted by atomic mass is 35.5. The zero-order chi connectivity index (χ0) is 20.9. The molecule has 28 heavy (non-hydrogen) atoms. The zero-order valence-electron chi connectivity index (χ0n) is 16.6. The number of amides is 1. The Morgan fingerprint density at radius 3 is 2.39 bits per heavy atom. The van der Waals surface area contributed by atoms with Gasteiger partial charge >= 0.3 is 5.97 Å². The minimum absolute atomic E-state index is 0.137. The Labute approximate surface area is 170 Å². The van der Waals surface area contributed by atoms with E-state index in [2.05, 4.69) is 6.07 Å². The molecule has 0 unspecified atom stereocenters. The van der Waals surface area contributed by atoms with Gasteiger partial charge in [-0.25, -0.2) is 4.79 Å². The van der Waals surface area contributed by atoms with Crippen LogP contribution in [0.1, 0.15) is 49.4 Å². The van der Waals surface area contributed by atoms with E-state index in [0.717, 1.165) is 19.3 Å². The normalized spacial score (nSPS) is 16.4. The van der Waals surface area contributed by atoms with Crippen LogP contribution < -0.4 is 9.47 Å². The summed E-state index contributed by atoms with van der Waals surface area (Å²) in [6.45, 7) is 1.49. The van der Waals surface area contributed by atoms with E-state index in [1.54, 1.807) is 7.05 Å². The van der Waals surface area contributed by atoms with Gasteiger partial charge in [-0.2, -0.15) is 5.26 Å². The second-order valence-corrected chi connectivity index (χ2v) is 7.25. The Hall–Kier alpha value is -2.46. The number of rotatable bonds is 6. The standard InChI is InChI=1S/C20H25ClN2O5/c1-13(18(24)23(2)20(12-22)8-6-5-7-9-20)28-19(25)14-10-15(21)17(27-4)16(11-14)26-3/h10-11,13H,5-9H2,1-4H3/t13-/m1/s1. The van der Waals surface area contributed by atoms with Gasteiger partial charge in [-0.1, -0.05) is 30.9 Å². The summed E-state index contributed by atoms with van der Waals surface area (Å²) in [4.78, 5) is 26.7. The molecule has 152 valence electrons. The molecule has 1 saturated carbocycles. The monoisotopic (exact) mass is 408 g/mol. The molecule has 0 spiro atoms. The molecule has 1 aromatic carbocycles. The van der Waals surface area contributed by atoms with Crippen molar-refractivity contribution in [2.45, 2.75) is 50.7 Å². The van der Waals surface area contributed by atoms with E-state index < -0.39 is 23.5 Å². The van der Waals surface area contributed by atoms with Crippen LogP contribution in [0.2, 0.25) is 5.02 Å². The van der Waals surface area contributed by atoms with Crippen molar-refractivity contribution >= 4 is 23.5 Å². The molecule has 0 aliphatic heterocycles. The molecule has 1 fully saturated rings. The first-order chi connectivity index (χ1) is 13.3. The Bertz CT molecular complexity index is 784. The highest BCUT2D eigenvalue weighted by Gasteiger charge is 2.40. The largest absolute Gasteiger partial charge is 0.493 e. The quantitative estimate of drug-likeness (QED) is 0.668. The van der Waals surface area contributed by atoms with Gasteiger partial charge in [0, 0.05) is 7.05 Å². The van der Waals surface area contributed by atoms with Crippen LogP contribution in [0.15, 0.2) is 12.1 Å². The summed E-state index contributed by atoms with van der Waals surface area (Å²) < 4.78 is 15.7. The van der Waals surface area contributed by atoms with Crippen LogP contribution >= 0.6 is 11.6 Å². The Morgan fingerprint density at radius 1 is 1.21 bits per heavy atom. The SMILES string of the molecule is COc1cc(C(=O)O[C@H](C)C(=O)N(C)C2(C#N)CCCCC2)cc(Cl)c1OC. The summed E-state index contributed by atoms with van der Waals surface area (Å²) in [7, 11) is 4.46. The number of hydrogen-bond acceptors (Lipinski definition) is 6. The molecule has 1 amide bonds. The van der Waals surface area contributed by atoms with Crippen LogP contribution in [0, 0.1) is 11.3 Å². The highest BCUT2D eigenvalue weighted by Crippen LogP contribution is 2.36. The molecule has 8 heteroatoms. The lowest BCUT2D eigenvalue weighted by atomic mass is 9.81. The molecule has 0 heterocycles. The van der Waals surface area contributed by atoms with Gasteiger partial charge < -0.3 is 19.1 Å². The van der Waals surface area contributed by atoms with Gasteiger partial charge in [-0.3, -0.25) is 4.79 Å². The molecule has 1 aromatic rings. The molecule has 1 atom stereocenters. The van der Waals surface area contributed by atoms with Crippen molar-refractivity contribution in [2.75, 3.05) is 21.3 Å². The average Bonchev–Trinajstić information content (AvgIpc) is 2.72. The van der Waals surface area contributed by atoms with Crippen molar-refractivity contribution in [1.29, 1.82) is 5.26 Å². The van der Waals surface area contributed by atoms with Crippen LogP contribution in [0.3, 0.4) is 0 Å². The first-order valence-electron chi connectivity index (χ1n) is 9.11. The van der Waals surface area contributed by atoms with E-state index in [1.807, 2.05) is 0 Å². The third-order valence-electron chi connectivity index (χ3n) is 5.16. The second kappa shape index (κ2) is 9.16. The topological polar surface area (TPSA) is 88.9 Å². The van der Waals surface area contributed by atoms with E-state index in [0.29, 0.717) is 18.6 Å². The van der Waals surface area contributed by atoms with Crippen LogP contribution in [-0.2, 0) is 9.53 Å². The van der Waals surface area contributed by atoms with Crippen molar-refractivity contribution in [1.82, 2.24) is 4.90 Å². The van der Waals surface area contributed by atoms with Crippen molar-refractivity contribution in [2.24, 2.45) is 0 Å². The van der Waals surface area contributed by atoms with Crippen LogP contribution in [0.25, 0.3) is 0 Å². The minimum Gasteiger partial charge on any atom is -0.493 e. The van der Waals surface area contributed by atoms with E-state index in [4.69, 9.17) is 25.8 Å². The maximum absolute atomic E-state index is 12.8. The maximum Gasteiger partial charge on any atom is 0.339 e. The molecular weight excluding hydrogens is 384 g/mol. The Kier molecular flexibility index (Phi) is 7.14. The molecule has 2 rings (SSSR count). The third kappa shape index (κ3) is 4.33. The number of benzene rings is 1. The van der Waals surface area contributed by atoms with Gasteiger partial charge in [0.15, 0.2) is 17.6 Å². The average molecular weight is 409 g/mol. The van der Waals surface area contributed by atoms with Crippen LogP contribution in [-0.4, -0.2) is 49.7 Å². The molecule has 0 N–H and O–H groups in total. The number of methoxy groups -OCH3 is 2. The van der Waals surface area contributed by atoms with Crippen LogP contribution in [0.5, 0.6) is 11.5 Å². The smallest absolute Gasteiger partial charge is 0.339 e.